The van der Waals surface area contributed by atoms with E-state index in [1.165, 1.54) is 0 Å². The third-order valence-corrected chi connectivity index (χ3v) is 2.21. The van der Waals surface area contributed by atoms with Crippen LogP contribution in [0.15, 0.2) is 18.2 Å². The van der Waals surface area contributed by atoms with Gasteiger partial charge in [0.2, 0.25) is 0 Å². The van der Waals surface area contributed by atoms with Crippen LogP contribution in [0.2, 0.25) is 0 Å². The average molecular weight is 208 g/mol. The first kappa shape index (κ1) is 11.6. The number of para-hydroxylation sites is 1. The Morgan fingerprint density at radius 3 is 2.73 bits per heavy atom. The molecule has 0 aliphatic carbocycles. The molecule has 0 saturated heterocycles. The molecule has 0 saturated carbocycles. The van der Waals surface area contributed by atoms with Gasteiger partial charge in [0.05, 0.1) is 13.7 Å². The smallest absolute Gasteiger partial charge is 0.165 e. The highest BCUT2D eigenvalue weighted by Crippen LogP contribution is 2.34. The third kappa shape index (κ3) is 2.49. The van der Waals surface area contributed by atoms with E-state index < -0.39 is 0 Å². The number of carbonyl (C=O) groups excluding carboxylic acids is 1. The zero-order valence-electron chi connectivity index (χ0n) is 9.32. The molecule has 0 aliphatic rings. The van der Waals surface area contributed by atoms with Crippen LogP contribution in [0.3, 0.4) is 0 Å². The monoisotopic (exact) mass is 208 g/mol. The van der Waals surface area contributed by atoms with Crippen LogP contribution >= 0.6 is 0 Å². The minimum Gasteiger partial charge on any atom is -0.493 e. The molecule has 0 aliphatic heterocycles. The van der Waals surface area contributed by atoms with Gasteiger partial charge in [0.15, 0.2) is 11.5 Å². The van der Waals surface area contributed by atoms with E-state index in [2.05, 4.69) is 0 Å². The van der Waals surface area contributed by atoms with Gasteiger partial charge in [0, 0.05) is 11.5 Å². The molecule has 0 fully saturated rings. The Balaban J connectivity index is 3.17. The summed E-state index contributed by atoms with van der Waals surface area (Å²) in [4.78, 5) is 10.8. The van der Waals surface area contributed by atoms with Gasteiger partial charge in [-0.1, -0.05) is 19.1 Å². The van der Waals surface area contributed by atoms with E-state index in [4.69, 9.17) is 9.47 Å². The Hall–Kier alpha value is -1.51. The van der Waals surface area contributed by atoms with Crippen LogP contribution in [0.1, 0.15) is 25.3 Å². The summed E-state index contributed by atoms with van der Waals surface area (Å²) in [5.74, 6) is 1.16. The van der Waals surface area contributed by atoms with Crippen molar-refractivity contribution in [1.29, 1.82) is 0 Å². The van der Waals surface area contributed by atoms with Crippen molar-refractivity contribution in [1.82, 2.24) is 0 Å². The molecule has 3 heteroatoms. The first-order chi connectivity index (χ1) is 7.24. The maximum absolute atomic E-state index is 10.8. The summed E-state index contributed by atoms with van der Waals surface area (Å²) >= 11 is 0. The third-order valence-electron chi connectivity index (χ3n) is 2.21. The molecule has 0 spiro atoms. The van der Waals surface area contributed by atoms with Crippen molar-refractivity contribution in [3.63, 3.8) is 0 Å². The molecule has 0 radical (unpaired) electrons. The maximum Gasteiger partial charge on any atom is 0.165 e. The SMILES string of the molecule is CCOc1c(OC)cccc1C(C)C=O. The van der Waals surface area contributed by atoms with Crippen molar-refractivity contribution in [2.24, 2.45) is 0 Å². The summed E-state index contributed by atoms with van der Waals surface area (Å²) in [5, 5.41) is 0. The Kier molecular flexibility index (Phi) is 4.16. The second-order valence-corrected chi connectivity index (χ2v) is 3.24. The topological polar surface area (TPSA) is 35.5 Å². The zero-order valence-corrected chi connectivity index (χ0v) is 9.32. The second kappa shape index (κ2) is 5.39. The van der Waals surface area contributed by atoms with E-state index in [9.17, 15) is 4.79 Å². The van der Waals surface area contributed by atoms with Crippen molar-refractivity contribution >= 4 is 6.29 Å². The highest BCUT2D eigenvalue weighted by Gasteiger charge is 2.14. The first-order valence-corrected chi connectivity index (χ1v) is 4.99. The largest absolute Gasteiger partial charge is 0.493 e. The fourth-order valence-electron chi connectivity index (χ4n) is 1.42. The van der Waals surface area contributed by atoms with E-state index in [-0.39, 0.29) is 5.92 Å². The first-order valence-electron chi connectivity index (χ1n) is 4.99. The van der Waals surface area contributed by atoms with E-state index in [1.54, 1.807) is 7.11 Å². The highest BCUT2D eigenvalue weighted by atomic mass is 16.5. The van der Waals surface area contributed by atoms with Crippen molar-refractivity contribution in [3.8, 4) is 11.5 Å². The number of ether oxygens (including phenoxy) is 2. The lowest BCUT2D eigenvalue weighted by molar-refractivity contribution is -0.108. The van der Waals surface area contributed by atoms with Gasteiger partial charge in [-0.05, 0) is 13.0 Å². The number of carbonyl (C=O) groups is 1. The molecular formula is C12H16O3. The van der Waals surface area contributed by atoms with Crippen LogP contribution in [0, 0.1) is 0 Å². The van der Waals surface area contributed by atoms with Gasteiger partial charge in [0.25, 0.3) is 0 Å². The molecule has 1 aromatic rings. The Bertz CT molecular complexity index is 334. The summed E-state index contributed by atoms with van der Waals surface area (Å²) in [6.45, 7) is 4.30. The normalized spacial score (nSPS) is 11.9. The summed E-state index contributed by atoms with van der Waals surface area (Å²) in [5.41, 5.74) is 0.867. The number of aldehydes is 1. The lowest BCUT2D eigenvalue weighted by Gasteiger charge is -2.15. The van der Waals surface area contributed by atoms with Crippen molar-refractivity contribution in [2.75, 3.05) is 13.7 Å². The van der Waals surface area contributed by atoms with Gasteiger partial charge in [-0.15, -0.1) is 0 Å². The lowest BCUT2D eigenvalue weighted by atomic mass is 10.0. The number of benzene rings is 1. The molecular weight excluding hydrogens is 192 g/mol. The number of methoxy groups -OCH3 is 1. The predicted molar refractivity (Wildman–Crippen MR) is 58.6 cm³/mol. The van der Waals surface area contributed by atoms with Crippen molar-refractivity contribution < 1.29 is 14.3 Å². The summed E-state index contributed by atoms with van der Waals surface area (Å²) in [6, 6.07) is 5.56. The zero-order chi connectivity index (χ0) is 11.3. The van der Waals surface area contributed by atoms with E-state index in [0.717, 1.165) is 11.8 Å². The lowest BCUT2D eigenvalue weighted by Crippen LogP contribution is -2.03. The van der Waals surface area contributed by atoms with Crippen LogP contribution in [0.5, 0.6) is 11.5 Å². The van der Waals surface area contributed by atoms with Gasteiger partial charge < -0.3 is 14.3 Å². The van der Waals surface area contributed by atoms with Crippen LogP contribution < -0.4 is 9.47 Å². The fourth-order valence-corrected chi connectivity index (χ4v) is 1.42. The number of hydrogen-bond donors (Lipinski definition) is 0. The molecule has 82 valence electrons. The molecule has 1 aromatic carbocycles. The maximum atomic E-state index is 10.8. The van der Waals surface area contributed by atoms with Gasteiger partial charge in [-0.3, -0.25) is 0 Å². The van der Waals surface area contributed by atoms with Crippen molar-refractivity contribution in [3.05, 3.63) is 23.8 Å². The van der Waals surface area contributed by atoms with E-state index >= 15 is 0 Å². The molecule has 3 nitrogen and oxygen atoms in total. The minimum atomic E-state index is -0.179. The van der Waals surface area contributed by atoms with Gasteiger partial charge in [0.1, 0.15) is 6.29 Å². The fraction of sp³-hybridized carbons (Fsp3) is 0.417. The molecule has 1 unspecified atom stereocenters. The second-order valence-electron chi connectivity index (χ2n) is 3.24. The van der Waals surface area contributed by atoms with Crippen LogP contribution in [0.4, 0.5) is 0 Å². The van der Waals surface area contributed by atoms with E-state index in [1.807, 2.05) is 32.0 Å². The molecule has 1 rings (SSSR count). The van der Waals surface area contributed by atoms with Crippen LogP contribution in [0.25, 0.3) is 0 Å². The predicted octanol–water partition coefficient (Wildman–Crippen LogP) is 2.40. The Morgan fingerprint density at radius 1 is 1.47 bits per heavy atom. The molecule has 15 heavy (non-hydrogen) atoms. The average Bonchev–Trinajstić information content (AvgIpc) is 2.28. The Labute approximate surface area is 90.0 Å². The van der Waals surface area contributed by atoms with Gasteiger partial charge >= 0.3 is 0 Å². The molecule has 0 heterocycles. The van der Waals surface area contributed by atoms with Crippen LogP contribution in [-0.4, -0.2) is 20.0 Å². The molecule has 0 aromatic heterocycles. The minimum absolute atomic E-state index is 0.179. The molecule has 1 atom stereocenters. The molecule has 0 N–H and O–H groups in total. The molecule has 0 amide bonds. The summed E-state index contributed by atoms with van der Waals surface area (Å²) < 4.78 is 10.7. The van der Waals surface area contributed by atoms with Gasteiger partial charge in [-0.25, -0.2) is 0 Å². The number of rotatable bonds is 5. The number of hydrogen-bond acceptors (Lipinski definition) is 3. The highest BCUT2D eigenvalue weighted by molar-refractivity contribution is 5.65. The quantitative estimate of drug-likeness (QED) is 0.697. The van der Waals surface area contributed by atoms with Gasteiger partial charge in [-0.2, -0.15) is 0 Å². The summed E-state index contributed by atoms with van der Waals surface area (Å²) in [7, 11) is 1.59. The Morgan fingerprint density at radius 2 is 2.20 bits per heavy atom. The summed E-state index contributed by atoms with van der Waals surface area (Å²) in [6.07, 6.45) is 0.900. The van der Waals surface area contributed by atoms with Crippen LogP contribution in [-0.2, 0) is 4.79 Å². The van der Waals surface area contributed by atoms with Crippen molar-refractivity contribution in [2.45, 2.75) is 19.8 Å². The van der Waals surface area contributed by atoms with E-state index in [0.29, 0.717) is 18.1 Å². The molecule has 0 bridgehead atoms. The standard InChI is InChI=1S/C12H16O3/c1-4-15-12-10(9(2)8-13)6-5-7-11(12)14-3/h5-9H,4H2,1-3H3.